The third kappa shape index (κ3) is 4.02. The predicted molar refractivity (Wildman–Crippen MR) is 60.8 cm³/mol. The zero-order valence-electron chi connectivity index (χ0n) is 9.23. The molecule has 15 heavy (non-hydrogen) atoms. The van der Waals surface area contributed by atoms with Crippen LogP contribution in [0.5, 0.6) is 5.75 Å². The Morgan fingerprint density at radius 2 is 2.00 bits per heavy atom. The van der Waals surface area contributed by atoms with E-state index in [1.54, 1.807) is 6.92 Å². The van der Waals surface area contributed by atoms with Crippen LogP contribution in [-0.4, -0.2) is 17.5 Å². The molecule has 0 bridgehead atoms. The van der Waals surface area contributed by atoms with Crippen molar-refractivity contribution in [3.8, 4) is 5.75 Å². The average Bonchev–Trinajstić information content (AvgIpc) is 2.28. The fourth-order valence-corrected chi connectivity index (χ4v) is 1.25. The maximum atomic E-state index is 8.53. The molecule has 1 N–H and O–H groups in total. The Labute approximate surface area is 90.4 Å². The van der Waals surface area contributed by atoms with Crippen LogP contribution in [-0.2, 0) is 6.42 Å². The van der Waals surface area contributed by atoms with E-state index >= 15 is 0 Å². The van der Waals surface area contributed by atoms with Crippen LogP contribution in [0.3, 0.4) is 0 Å². The summed E-state index contributed by atoms with van der Waals surface area (Å²) in [4.78, 5) is 0. The van der Waals surface area contributed by atoms with Gasteiger partial charge >= 0.3 is 0 Å². The zero-order chi connectivity index (χ0) is 11.1. The number of hydrogen-bond donors (Lipinski definition) is 1. The molecule has 0 spiro atoms. The van der Waals surface area contributed by atoms with Crippen LogP contribution in [0.2, 0.25) is 0 Å². The molecule has 3 nitrogen and oxygen atoms in total. The van der Waals surface area contributed by atoms with E-state index in [1.165, 1.54) is 0 Å². The van der Waals surface area contributed by atoms with Gasteiger partial charge in [-0.25, -0.2) is 0 Å². The number of hydrogen-bond acceptors (Lipinski definition) is 3. The lowest BCUT2D eigenvalue weighted by Crippen LogP contribution is -1.98. The Balaban J connectivity index is 2.56. The summed E-state index contributed by atoms with van der Waals surface area (Å²) in [6, 6.07) is 7.85. The highest BCUT2D eigenvalue weighted by molar-refractivity contribution is 5.83. The van der Waals surface area contributed by atoms with E-state index in [2.05, 4.69) is 12.1 Å². The van der Waals surface area contributed by atoms with Crippen LogP contribution in [0.1, 0.15) is 25.8 Å². The second-order valence-electron chi connectivity index (χ2n) is 3.50. The number of nitrogens with zero attached hydrogens (tertiary/aromatic N) is 1. The lowest BCUT2D eigenvalue weighted by atomic mass is 10.1. The molecule has 0 heterocycles. The zero-order valence-corrected chi connectivity index (χ0v) is 9.23. The summed E-state index contributed by atoms with van der Waals surface area (Å²) >= 11 is 0. The molecule has 0 saturated heterocycles. The molecule has 0 fully saturated rings. The van der Waals surface area contributed by atoms with Crippen LogP contribution < -0.4 is 4.74 Å². The van der Waals surface area contributed by atoms with Crippen LogP contribution >= 0.6 is 0 Å². The Hall–Kier alpha value is -1.51. The maximum absolute atomic E-state index is 8.53. The quantitative estimate of drug-likeness (QED) is 0.458. The topological polar surface area (TPSA) is 41.8 Å². The van der Waals surface area contributed by atoms with Crippen molar-refractivity contribution >= 4 is 5.71 Å². The van der Waals surface area contributed by atoms with E-state index in [0.717, 1.165) is 24.3 Å². The molecule has 1 aromatic carbocycles. The predicted octanol–water partition coefficient (Wildman–Crippen LogP) is 2.87. The SMILES string of the molecule is CCCOc1ccc(C/C(C)=N/O)cc1. The van der Waals surface area contributed by atoms with Crippen molar-refractivity contribution in [2.45, 2.75) is 26.7 Å². The smallest absolute Gasteiger partial charge is 0.119 e. The third-order valence-electron chi connectivity index (χ3n) is 2.03. The molecule has 82 valence electrons. The van der Waals surface area contributed by atoms with Gasteiger partial charge in [-0.2, -0.15) is 0 Å². The van der Waals surface area contributed by atoms with Crippen LogP contribution in [0.4, 0.5) is 0 Å². The summed E-state index contributed by atoms with van der Waals surface area (Å²) in [7, 11) is 0. The van der Waals surface area contributed by atoms with Gasteiger partial charge in [0.1, 0.15) is 5.75 Å². The van der Waals surface area contributed by atoms with Gasteiger partial charge in [0.2, 0.25) is 0 Å². The molecule has 3 heteroatoms. The molecule has 0 aliphatic carbocycles. The van der Waals surface area contributed by atoms with E-state index in [-0.39, 0.29) is 0 Å². The van der Waals surface area contributed by atoms with Gasteiger partial charge in [0.15, 0.2) is 0 Å². The normalized spacial score (nSPS) is 11.5. The van der Waals surface area contributed by atoms with E-state index < -0.39 is 0 Å². The molecular weight excluding hydrogens is 190 g/mol. The lowest BCUT2D eigenvalue weighted by molar-refractivity contribution is 0.317. The summed E-state index contributed by atoms with van der Waals surface area (Å²) in [6.07, 6.45) is 1.68. The first-order valence-electron chi connectivity index (χ1n) is 5.15. The Bertz CT molecular complexity index is 317. The fraction of sp³-hybridized carbons (Fsp3) is 0.417. The van der Waals surface area contributed by atoms with Crippen molar-refractivity contribution < 1.29 is 9.94 Å². The first kappa shape index (κ1) is 11.6. The van der Waals surface area contributed by atoms with E-state index in [1.807, 2.05) is 24.3 Å². The molecule has 0 amide bonds. The van der Waals surface area contributed by atoms with Gasteiger partial charge in [-0.1, -0.05) is 24.2 Å². The molecule has 0 radical (unpaired) electrons. The van der Waals surface area contributed by atoms with Gasteiger partial charge in [-0.3, -0.25) is 0 Å². The van der Waals surface area contributed by atoms with Gasteiger partial charge < -0.3 is 9.94 Å². The van der Waals surface area contributed by atoms with Crippen LogP contribution in [0, 0.1) is 0 Å². The monoisotopic (exact) mass is 207 g/mol. The van der Waals surface area contributed by atoms with E-state index in [0.29, 0.717) is 12.1 Å². The maximum Gasteiger partial charge on any atom is 0.119 e. The third-order valence-corrected chi connectivity index (χ3v) is 2.03. The standard InChI is InChI=1S/C12H17NO2/c1-3-8-15-12-6-4-11(5-7-12)9-10(2)13-14/h4-7,14H,3,8-9H2,1-2H3/b13-10+. The second-order valence-corrected chi connectivity index (χ2v) is 3.50. The molecule has 1 rings (SSSR count). The minimum absolute atomic E-state index is 0.671. The summed E-state index contributed by atoms with van der Waals surface area (Å²) in [5, 5.41) is 11.7. The Morgan fingerprint density at radius 1 is 1.33 bits per heavy atom. The largest absolute Gasteiger partial charge is 0.494 e. The highest BCUT2D eigenvalue weighted by atomic mass is 16.5. The molecule has 0 aliphatic heterocycles. The number of oxime groups is 1. The van der Waals surface area contributed by atoms with Gasteiger partial charge in [-0.05, 0) is 31.0 Å². The summed E-state index contributed by atoms with van der Waals surface area (Å²) in [5.41, 5.74) is 1.83. The second kappa shape index (κ2) is 6.06. The van der Waals surface area contributed by atoms with Crippen LogP contribution in [0.25, 0.3) is 0 Å². The highest BCUT2D eigenvalue weighted by Crippen LogP contribution is 2.13. The molecule has 0 saturated carbocycles. The Morgan fingerprint density at radius 3 is 2.53 bits per heavy atom. The molecule has 0 aromatic heterocycles. The number of benzene rings is 1. The summed E-state index contributed by atoms with van der Waals surface area (Å²) in [6.45, 7) is 4.62. The van der Waals surface area contributed by atoms with Crippen molar-refractivity contribution in [2.24, 2.45) is 5.16 Å². The first-order valence-corrected chi connectivity index (χ1v) is 5.15. The van der Waals surface area contributed by atoms with Crippen LogP contribution in [0.15, 0.2) is 29.4 Å². The van der Waals surface area contributed by atoms with Crippen molar-refractivity contribution in [3.63, 3.8) is 0 Å². The van der Waals surface area contributed by atoms with Crippen molar-refractivity contribution in [1.29, 1.82) is 0 Å². The molecule has 0 atom stereocenters. The van der Waals surface area contributed by atoms with Crippen molar-refractivity contribution in [1.82, 2.24) is 0 Å². The minimum Gasteiger partial charge on any atom is -0.494 e. The van der Waals surface area contributed by atoms with E-state index in [9.17, 15) is 0 Å². The highest BCUT2D eigenvalue weighted by Gasteiger charge is 1.97. The summed E-state index contributed by atoms with van der Waals surface area (Å²) < 4.78 is 5.46. The summed E-state index contributed by atoms with van der Waals surface area (Å²) in [5.74, 6) is 0.888. The number of rotatable bonds is 5. The molecular formula is C12H17NO2. The van der Waals surface area contributed by atoms with Crippen molar-refractivity contribution in [2.75, 3.05) is 6.61 Å². The lowest BCUT2D eigenvalue weighted by Gasteiger charge is -2.05. The Kier molecular flexibility index (Phi) is 4.68. The van der Waals surface area contributed by atoms with Gasteiger partial charge in [-0.15, -0.1) is 0 Å². The first-order chi connectivity index (χ1) is 7.26. The number of ether oxygens (including phenoxy) is 1. The van der Waals surface area contributed by atoms with Gasteiger partial charge in [0.05, 0.1) is 12.3 Å². The van der Waals surface area contributed by atoms with Crippen molar-refractivity contribution in [3.05, 3.63) is 29.8 Å². The minimum atomic E-state index is 0.671. The molecule has 0 unspecified atom stereocenters. The molecule has 0 aliphatic rings. The van der Waals surface area contributed by atoms with E-state index in [4.69, 9.17) is 9.94 Å². The molecule has 1 aromatic rings. The fourth-order valence-electron chi connectivity index (χ4n) is 1.25. The van der Waals surface area contributed by atoms with Gasteiger partial charge in [0, 0.05) is 6.42 Å². The van der Waals surface area contributed by atoms with Gasteiger partial charge in [0.25, 0.3) is 0 Å². The average molecular weight is 207 g/mol.